The Balaban J connectivity index is 1.53. The summed E-state index contributed by atoms with van der Waals surface area (Å²) in [7, 11) is 0. The number of carbonyl (C=O) groups is 1. The van der Waals surface area contributed by atoms with Gasteiger partial charge in [-0.3, -0.25) is 9.69 Å². The number of carbonyl (C=O) groups excluding carboxylic acids is 1. The van der Waals surface area contributed by atoms with Crippen LogP contribution in [0.2, 0.25) is 0 Å². The molecule has 1 amide bonds. The Bertz CT molecular complexity index is 876. The zero-order valence-corrected chi connectivity index (χ0v) is 19.2. The van der Waals surface area contributed by atoms with Gasteiger partial charge in [-0.1, -0.05) is 24.6 Å². The fourth-order valence-electron chi connectivity index (χ4n) is 4.72. The summed E-state index contributed by atoms with van der Waals surface area (Å²) < 4.78 is 6.17. The van der Waals surface area contributed by atoms with Crippen LogP contribution in [-0.2, 0) is 6.54 Å². The van der Waals surface area contributed by atoms with Gasteiger partial charge in [0, 0.05) is 25.3 Å². The standard InChI is InChI=1S/C24H33N3O3S/c1-19-22(31-18-25-19)23(29)27-11-5-4-8-24(17-28)9-12-26(13-10-24)16-20-6-2-3-7-21(20)30-15-14-27/h2-3,6-7,18,28H,4-5,8-17H2,1H3. The fourth-order valence-corrected chi connectivity index (χ4v) is 5.49. The van der Waals surface area contributed by atoms with E-state index in [-0.39, 0.29) is 17.9 Å². The lowest BCUT2D eigenvalue weighted by Crippen LogP contribution is -2.41. The highest BCUT2D eigenvalue weighted by atomic mass is 32.1. The van der Waals surface area contributed by atoms with Crippen molar-refractivity contribution in [2.75, 3.05) is 39.4 Å². The Morgan fingerprint density at radius 2 is 1.97 bits per heavy atom. The maximum atomic E-state index is 13.2. The van der Waals surface area contributed by atoms with Gasteiger partial charge in [-0.05, 0) is 57.2 Å². The number of ether oxygens (including phenoxy) is 1. The first kappa shape index (κ1) is 22.2. The van der Waals surface area contributed by atoms with Crippen molar-refractivity contribution in [2.45, 2.75) is 45.6 Å². The van der Waals surface area contributed by atoms with Gasteiger partial charge in [0.2, 0.25) is 0 Å². The second-order valence-corrected chi connectivity index (χ2v) is 9.76. The molecule has 0 spiro atoms. The third-order valence-corrected chi connectivity index (χ3v) is 7.77. The normalized spacial score (nSPS) is 25.2. The number of aromatic nitrogens is 1. The molecule has 0 aliphatic carbocycles. The zero-order valence-electron chi connectivity index (χ0n) is 18.4. The van der Waals surface area contributed by atoms with E-state index in [0.717, 1.165) is 68.1 Å². The average molecular weight is 444 g/mol. The van der Waals surface area contributed by atoms with E-state index < -0.39 is 0 Å². The summed E-state index contributed by atoms with van der Waals surface area (Å²) in [5.41, 5.74) is 3.74. The predicted molar refractivity (Wildman–Crippen MR) is 123 cm³/mol. The van der Waals surface area contributed by atoms with Crippen LogP contribution in [0.5, 0.6) is 5.75 Å². The Morgan fingerprint density at radius 3 is 2.71 bits per heavy atom. The Labute approximate surface area is 188 Å². The van der Waals surface area contributed by atoms with Crippen LogP contribution < -0.4 is 4.74 Å². The molecular formula is C24H33N3O3S. The molecule has 168 valence electrons. The van der Waals surface area contributed by atoms with Gasteiger partial charge in [0.05, 0.1) is 17.7 Å². The third-order valence-electron chi connectivity index (χ3n) is 6.85. The number of benzene rings is 1. The van der Waals surface area contributed by atoms with Gasteiger partial charge in [0.15, 0.2) is 0 Å². The Kier molecular flexibility index (Phi) is 7.25. The molecule has 1 fully saturated rings. The second kappa shape index (κ2) is 10.1. The lowest BCUT2D eigenvalue weighted by molar-refractivity contribution is 0.0319. The SMILES string of the molecule is Cc1ncsc1C(=O)N1CCCCC2(CO)CCN(CC2)Cc2ccccc2OCC1. The van der Waals surface area contributed by atoms with Crippen LogP contribution in [0.4, 0.5) is 0 Å². The van der Waals surface area contributed by atoms with Gasteiger partial charge in [0.1, 0.15) is 17.2 Å². The van der Waals surface area contributed by atoms with Crippen LogP contribution in [0.3, 0.4) is 0 Å². The molecule has 0 atom stereocenters. The van der Waals surface area contributed by atoms with Crippen molar-refractivity contribution in [3.63, 3.8) is 0 Å². The van der Waals surface area contributed by atoms with E-state index in [1.807, 2.05) is 24.0 Å². The second-order valence-electron chi connectivity index (χ2n) is 8.91. The van der Waals surface area contributed by atoms with Crippen molar-refractivity contribution in [2.24, 2.45) is 5.41 Å². The van der Waals surface area contributed by atoms with Crippen molar-refractivity contribution in [1.82, 2.24) is 14.8 Å². The van der Waals surface area contributed by atoms with Crippen LogP contribution in [0.25, 0.3) is 0 Å². The number of para-hydroxylation sites is 1. The van der Waals surface area contributed by atoms with Crippen LogP contribution in [0.1, 0.15) is 53.0 Å². The number of aliphatic hydroxyl groups excluding tert-OH is 1. The molecule has 1 N–H and O–H groups in total. The molecule has 31 heavy (non-hydrogen) atoms. The first-order chi connectivity index (χ1) is 15.1. The minimum absolute atomic E-state index is 0.0236. The molecule has 2 aromatic rings. The van der Waals surface area contributed by atoms with Gasteiger partial charge in [-0.25, -0.2) is 4.98 Å². The van der Waals surface area contributed by atoms with Crippen molar-refractivity contribution in [1.29, 1.82) is 0 Å². The number of amides is 1. The third kappa shape index (κ3) is 5.27. The van der Waals surface area contributed by atoms with E-state index in [9.17, 15) is 9.90 Å². The zero-order chi connectivity index (χ0) is 21.7. The lowest BCUT2D eigenvalue weighted by Gasteiger charge is -2.41. The maximum absolute atomic E-state index is 13.2. The minimum atomic E-state index is 0.0236. The summed E-state index contributed by atoms with van der Waals surface area (Å²) in [4.78, 5) is 22.5. The number of hydrogen-bond donors (Lipinski definition) is 1. The Morgan fingerprint density at radius 1 is 1.16 bits per heavy atom. The van der Waals surface area contributed by atoms with Gasteiger partial charge in [0.25, 0.3) is 5.91 Å². The number of thiazole rings is 1. The van der Waals surface area contributed by atoms with E-state index in [4.69, 9.17) is 4.74 Å². The van der Waals surface area contributed by atoms with Crippen molar-refractivity contribution in [3.05, 3.63) is 45.9 Å². The van der Waals surface area contributed by atoms with E-state index in [0.29, 0.717) is 19.7 Å². The van der Waals surface area contributed by atoms with Gasteiger partial charge in [-0.15, -0.1) is 11.3 Å². The minimum Gasteiger partial charge on any atom is -0.491 e. The molecule has 6 nitrogen and oxygen atoms in total. The van der Waals surface area contributed by atoms with Crippen molar-refractivity contribution >= 4 is 17.2 Å². The monoisotopic (exact) mass is 443 g/mol. The largest absolute Gasteiger partial charge is 0.491 e. The number of piperidine rings is 1. The molecule has 0 radical (unpaired) electrons. The summed E-state index contributed by atoms with van der Waals surface area (Å²) in [5.74, 6) is 0.947. The quantitative estimate of drug-likeness (QED) is 0.766. The van der Waals surface area contributed by atoms with Crippen LogP contribution in [-0.4, -0.2) is 65.2 Å². The topological polar surface area (TPSA) is 65.9 Å². The van der Waals surface area contributed by atoms with Crippen molar-refractivity contribution < 1.29 is 14.6 Å². The van der Waals surface area contributed by atoms with Crippen molar-refractivity contribution in [3.8, 4) is 5.75 Å². The van der Waals surface area contributed by atoms with Gasteiger partial charge < -0.3 is 14.7 Å². The predicted octanol–water partition coefficient (Wildman–Crippen LogP) is 3.73. The van der Waals surface area contributed by atoms with Gasteiger partial charge in [-0.2, -0.15) is 0 Å². The van der Waals surface area contributed by atoms with E-state index in [2.05, 4.69) is 22.0 Å². The van der Waals surface area contributed by atoms with E-state index in [1.165, 1.54) is 16.9 Å². The summed E-state index contributed by atoms with van der Waals surface area (Å²) in [6.07, 6.45) is 5.02. The highest BCUT2D eigenvalue weighted by Gasteiger charge is 2.34. The molecule has 7 heteroatoms. The van der Waals surface area contributed by atoms with Gasteiger partial charge >= 0.3 is 0 Å². The maximum Gasteiger partial charge on any atom is 0.265 e. The average Bonchev–Trinajstić information content (AvgIpc) is 3.22. The van der Waals surface area contributed by atoms with E-state index >= 15 is 0 Å². The number of nitrogens with zero attached hydrogens (tertiary/aromatic N) is 3. The molecule has 1 saturated heterocycles. The first-order valence-electron chi connectivity index (χ1n) is 11.3. The lowest BCUT2D eigenvalue weighted by atomic mass is 9.75. The molecule has 5 rings (SSSR count). The number of rotatable bonds is 2. The summed E-state index contributed by atoms with van der Waals surface area (Å²) in [6, 6.07) is 8.21. The number of aliphatic hydroxyl groups is 1. The summed E-state index contributed by atoms with van der Waals surface area (Å²) >= 11 is 1.41. The highest BCUT2D eigenvalue weighted by molar-refractivity contribution is 7.11. The van der Waals surface area contributed by atoms with E-state index in [1.54, 1.807) is 5.51 Å². The smallest absolute Gasteiger partial charge is 0.265 e. The summed E-state index contributed by atoms with van der Waals surface area (Å²) in [5, 5.41) is 10.2. The molecule has 1 aromatic heterocycles. The number of hydrogen-bond acceptors (Lipinski definition) is 6. The number of aryl methyl sites for hydroxylation is 1. The molecule has 3 aliphatic heterocycles. The highest BCUT2D eigenvalue weighted by Crippen LogP contribution is 2.37. The fraction of sp³-hybridized carbons (Fsp3) is 0.583. The molecule has 3 aliphatic rings. The molecule has 2 bridgehead atoms. The van der Waals surface area contributed by atoms with Crippen LogP contribution in [0.15, 0.2) is 29.8 Å². The summed E-state index contributed by atoms with van der Waals surface area (Å²) in [6.45, 7) is 6.74. The molecule has 4 heterocycles. The molecular weight excluding hydrogens is 410 g/mol. The van der Waals surface area contributed by atoms with Crippen LogP contribution >= 0.6 is 11.3 Å². The Hall–Kier alpha value is -1.96. The molecule has 0 saturated carbocycles. The first-order valence-corrected chi connectivity index (χ1v) is 12.2. The number of fused-ring (bicyclic) bond motifs is 9. The molecule has 1 aromatic carbocycles. The molecule has 0 unspecified atom stereocenters. The van der Waals surface area contributed by atoms with Crippen LogP contribution in [0, 0.1) is 12.3 Å².